The Kier molecular flexibility index (Phi) is 6.52. The Morgan fingerprint density at radius 2 is 1.89 bits per heavy atom. The molecule has 18 heavy (non-hydrogen) atoms. The van der Waals surface area contributed by atoms with E-state index in [1.807, 2.05) is 18.2 Å². The average molecular weight is 289 g/mol. The molecule has 0 aliphatic rings. The Hall–Kier alpha value is -0.720. The van der Waals surface area contributed by atoms with E-state index in [0.29, 0.717) is 16.5 Å². The van der Waals surface area contributed by atoms with Gasteiger partial charge in [0.2, 0.25) is 0 Å². The number of unbranched alkanes of at least 4 members (excludes halogenated alkanes) is 3. The van der Waals surface area contributed by atoms with Crippen molar-refractivity contribution in [3.63, 3.8) is 0 Å². The first-order chi connectivity index (χ1) is 8.47. The van der Waals surface area contributed by atoms with Gasteiger partial charge in [-0.2, -0.15) is 8.42 Å². The summed E-state index contributed by atoms with van der Waals surface area (Å²) in [6.45, 7) is 0. The first-order valence-electron chi connectivity index (χ1n) is 5.93. The van der Waals surface area contributed by atoms with E-state index in [0.717, 1.165) is 37.8 Å². The molecule has 1 aromatic carbocycles. The molecule has 102 valence electrons. The van der Waals surface area contributed by atoms with Crippen LogP contribution in [0.5, 0.6) is 0 Å². The maximum absolute atomic E-state index is 10.4. The highest BCUT2D eigenvalue weighted by atomic mass is 33.1. The van der Waals surface area contributed by atoms with Crippen molar-refractivity contribution in [2.24, 2.45) is 0 Å². The van der Waals surface area contributed by atoms with Crippen molar-refractivity contribution in [1.82, 2.24) is 0 Å². The van der Waals surface area contributed by atoms with E-state index in [4.69, 9.17) is 10.3 Å². The number of benzene rings is 1. The van der Waals surface area contributed by atoms with Crippen molar-refractivity contribution in [3.05, 3.63) is 29.8 Å². The fraction of sp³-hybridized carbons (Fsp3) is 0.500. The molecule has 0 unspecified atom stereocenters. The second-order valence-corrected chi connectivity index (χ2v) is 7.63. The Morgan fingerprint density at radius 1 is 1.17 bits per heavy atom. The predicted molar refractivity (Wildman–Crippen MR) is 77.0 cm³/mol. The van der Waals surface area contributed by atoms with Crippen molar-refractivity contribution in [3.8, 4) is 0 Å². The molecule has 0 atom stereocenters. The van der Waals surface area contributed by atoms with Crippen molar-refractivity contribution in [2.75, 3.05) is 11.5 Å². The maximum atomic E-state index is 10.4. The van der Waals surface area contributed by atoms with Gasteiger partial charge >= 0.3 is 9.15 Å². The third kappa shape index (κ3) is 7.58. The molecule has 0 aliphatic heterocycles. The first-order valence-corrected chi connectivity index (χ1v) is 8.88. The highest BCUT2D eigenvalue weighted by Crippen LogP contribution is 2.15. The Balaban J connectivity index is 2.06. The lowest BCUT2D eigenvalue weighted by Gasteiger charge is -2.03. The summed E-state index contributed by atoms with van der Waals surface area (Å²) in [6.07, 6.45) is 4.91. The minimum atomic E-state index is -3.86. The molecular weight excluding hydrogens is 270 g/mol. The monoisotopic (exact) mass is 289 g/mol. The summed E-state index contributed by atoms with van der Waals surface area (Å²) in [5.41, 5.74) is 7.71. The molecule has 0 spiro atoms. The number of rotatable bonds is 8. The molecule has 6 heteroatoms. The van der Waals surface area contributed by atoms with E-state index in [9.17, 15) is 8.42 Å². The van der Waals surface area contributed by atoms with Gasteiger partial charge in [0.25, 0.3) is 0 Å². The summed E-state index contributed by atoms with van der Waals surface area (Å²) >= 11 is 0. The molecule has 0 saturated heterocycles. The number of nitrogen functional groups attached to an aromatic ring is 1. The number of nitrogens with two attached hydrogens (primary N) is 1. The van der Waals surface area contributed by atoms with E-state index in [-0.39, 0.29) is 0 Å². The van der Waals surface area contributed by atoms with Gasteiger partial charge in [-0.1, -0.05) is 25.0 Å². The smallest absolute Gasteiger partial charge is 0.319 e. The lowest BCUT2D eigenvalue weighted by molar-refractivity contribution is 0.503. The van der Waals surface area contributed by atoms with Crippen molar-refractivity contribution in [1.29, 1.82) is 0 Å². The van der Waals surface area contributed by atoms with Crippen LogP contribution in [0.2, 0.25) is 0 Å². The largest absolute Gasteiger partial charge is 0.399 e. The van der Waals surface area contributed by atoms with Crippen LogP contribution in [0, 0.1) is 0 Å². The van der Waals surface area contributed by atoms with E-state index in [1.165, 1.54) is 5.56 Å². The average Bonchev–Trinajstić information content (AvgIpc) is 2.26. The molecule has 0 aliphatic carbocycles. The maximum Gasteiger partial charge on any atom is 0.319 e. The minimum absolute atomic E-state index is 0.455. The summed E-state index contributed by atoms with van der Waals surface area (Å²) in [5, 5.41) is 0. The molecular formula is C12H19NO3S2. The number of hydrogen-bond acceptors (Lipinski definition) is 4. The topological polar surface area (TPSA) is 80.4 Å². The zero-order valence-electron chi connectivity index (χ0n) is 10.2. The van der Waals surface area contributed by atoms with Crippen LogP contribution in [0.4, 0.5) is 5.69 Å². The third-order valence-corrected chi connectivity index (χ3v) is 4.69. The van der Waals surface area contributed by atoms with Gasteiger partial charge in [0.15, 0.2) is 0 Å². The van der Waals surface area contributed by atoms with E-state index in [2.05, 4.69) is 6.07 Å². The Morgan fingerprint density at radius 3 is 2.56 bits per heavy atom. The van der Waals surface area contributed by atoms with Crippen LogP contribution in [0.15, 0.2) is 24.3 Å². The predicted octanol–water partition coefficient (Wildman–Crippen LogP) is 2.91. The van der Waals surface area contributed by atoms with Gasteiger partial charge in [-0.15, -0.1) is 0 Å². The summed E-state index contributed by atoms with van der Waals surface area (Å²) in [5.74, 6) is 0.455. The van der Waals surface area contributed by atoms with Crippen LogP contribution in [0.1, 0.15) is 31.2 Å². The van der Waals surface area contributed by atoms with Crippen molar-refractivity contribution < 1.29 is 13.0 Å². The van der Waals surface area contributed by atoms with Gasteiger partial charge in [-0.25, -0.2) is 0 Å². The lowest BCUT2D eigenvalue weighted by atomic mass is 10.1. The van der Waals surface area contributed by atoms with Crippen LogP contribution >= 0.6 is 10.8 Å². The van der Waals surface area contributed by atoms with Crippen molar-refractivity contribution >= 4 is 25.6 Å². The fourth-order valence-corrected chi connectivity index (χ4v) is 3.22. The Bertz CT molecular complexity index is 460. The van der Waals surface area contributed by atoms with Gasteiger partial charge in [-0.3, -0.25) is 4.55 Å². The molecule has 0 amide bonds. The molecule has 4 nitrogen and oxygen atoms in total. The lowest BCUT2D eigenvalue weighted by Crippen LogP contribution is -1.93. The molecule has 1 aromatic rings. The summed E-state index contributed by atoms with van der Waals surface area (Å²) in [7, 11) is -3.26. The molecule has 3 N–H and O–H groups in total. The third-order valence-electron chi connectivity index (χ3n) is 2.54. The van der Waals surface area contributed by atoms with Crippen molar-refractivity contribution in [2.45, 2.75) is 32.1 Å². The van der Waals surface area contributed by atoms with Gasteiger partial charge in [-0.05, 0) is 47.8 Å². The zero-order chi connectivity index (χ0) is 13.4. The number of hydrogen-bond donors (Lipinski definition) is 2. The molecule has 0 bridgehead atoms. The van der Waals surface area contributed by atoms with E-state index in [1.54, 1.807) is 0 Å². The van der Waals surface area contributed by atoms with Crippen LogP contribution < -0.4 is 5.73 Å². The SMILES string of the molecule is Nc1cccc(CCCCCCSS(=O)(=O)O)c1. The quantitative estimate of drug-likeness (QED) is 0.333. The van der Waals surface area contributed by atoms with Crippen LogP contribution in [-0.2, 0) is 15.6 Å². The van der Waals surface area contributed by atoms with Gasteiger partial charge in [0, 0.05) is 11.4 Å². The van der Waals surface area contributed by atoms with Crippen LogP contribution in [-0.4, -0.2) is 18.7 Å². The van der Waals surface area contributed by atoms with Gasteiger partial charge < -0.3 is 5.73 Å². The highest BCUT2D eigenvalue weighted by molar-refractivity contribution is 8.69. The Labute approximate surface area is 112 Å². The van der Waals surface area contributed by atoms with E-state index >= 15 is 0 Å². The molecule has 0 saturated carbocycles. The van der Waals surface area contributed by atoms with Crippen LogP contribution in [0.3, 0.4) is 0 Å². The first kappa shape index (κ1) is 15.3. The number of anilines is 1. The van der Waals surface area contributed by atoms with Crippen LogP contribution in [0.25, 0.3) is 0 Å². The molecule has 0 fully saturated rings. The molecule has 0 heterocycles. The standard InChI is InChI=1S/C12H19NO3S2/c13-12-8-5-7-11(10-12)6-3-1-2-4-9-17-18(14,15)16/h5,7-8,10H,1-4,6,9,13H2,(H,14,15,16). The molecule has 1 rings (SSSR count). The summed E-state index contributed by atoms with van der Waals surface area (Å²) < 4.78 is 29.4. The second-order valence-electron chi connectivity index (χ2n) is 4.16. The molecule has 0 radical (unpaired) electrons. The van der Waals surface area contributed by atoms with Gasteiger partial charge in [0.1, 0.15) is 0 Å². The highest BCUT2D eigenvalue weighted by Gasteiger charge is 2.03. The summed E-state index contributed by atoms with van der Waals surface area (Å²) in [6, 6.07) is 7.86. The minimum Gasteiger partial charge on any atom is -0.399 e. The number of aryl methyl sites for hydroxylation is 1. The normalized spacial score (nSPS) is 11.6. The molecule has 0 aromatic heterocycles. The fourth-order valence-electron chi connectivity index (χ4n) is 1.70. The zero-order valence-corrected chi connectivity index (χ0v) is 11.8. The van der Waals surface area contributed by atoms with Gasteiger partial charge in [0.05, 0.1) is 0 Å². The summed E-state index contributed by atoms with van der Waals surface area (Å²) in [4.78, 5) is 0. The van der Waals surface area contributed by atoms with E-state index < -0.39 is 9.15 Å². The second kappa shape index (κ2) is 7.66.